The Hall–Kier alpha value is -1.07. The molecule has 132 valence electrons. The number of aromatic nitrogens is 2. The number of rotatable bonds is 6. The minimum Gasteiger partial charge on any atom is -0.351 e. The van der Waals surface area contributed by atoms with Gasteiger partial charge in [0.05, 0.1) is 6.04 Å². The molecule has 0 aromatic carbocycles. The zero-order valence-electron chi connectivity index (χ0n) is 14.6. The summed E-state index contributed by atoms with van der Waals surface area (Å²) in [6.45, 7) is 9.50. The summed E-state index contributed by atoms with van der Waals surface area (Å²) in [4.78, 5) is 12.1. The molecule has 1 aliphatic rings. The van der Waals surface area contributed by atoms with Crippen molar-refractivity contribution in [2.24, 2.45) is 5.41 Å². The van der Waals surface area contributed by atoms with Crippen LogP contribution in [0.4, 0.5) is 0 Å². The molecule has 1 aromatic rings. The van der Waals surface area contributed by atoms with Crippen molar-refractivity contribution in [3.63, 3.8) is 0 Å². The standard InChI is InChI=1S/C17H30N4O.ClH/c1-17(2,3)9-4-5-11-19-16(22)15-8-12-21(20-15)14-7-6-10-18-13-14;/h8,12,14,18H,4-7,9-11,13H2,1-3H3,(H,19,22);1H. The van der Waals surface area contributed by atoms with Crippen LogP contribution in [0, 0.1) is 5.41 Å². The van der Waals surface area contributed by atoms with Crippen LogP contribution in [0.3, 0.4) is 0 Å². The van der Waals surface area contributed by atoms with Gasteiger partial charge in [0.2, 0.25) is 0 Å². The molecule has 1 unspecified atom stereocenters. The summed E-state index contributed by atoms with van der Waals surface area (Å²) in [5, 5.41) is 10.8. The topological polar surface area (TPSA) is 59.0 Å². The first-order chi connectivity index (χ1) is 10.5. The van der Waals surface area contributed by atoms with E-state index in [1.165, 1.54) is 12.8 Å². The number of piperidine rings is 1. The molecule has 2 N–H and O–H groups in total. The molecule has 0 spiro atoms. The van der Waals surface area contributed by atoms with E-state index in [9.17, 15) is 4.79 Å². The number of amides is 1. The molecule has 1 fully saturated rings. The van der Waals surface area contributed by atoms with E-state index in [0.717, 1.165) is 38.9 Å². The third kappa shape index (κ3) is 6.92. The lowest BCUT2D eigenvalue weighted by Gasteiger charge is -2.22. The summed E-state index contributed by atoms with van der Waals surface area (Å²) in [5.41, 5.74) is 0.901. The fraction of sp³-hybridized carbons (Fsp3) is 0.765. The predicted molar refractivity (Wildman–Crippen MR) is 96.3 cm³/mol. The Morgan fingerprint density at radius 1 is 1.43 bits per heavy atom. The summed E-state index contributed by atoms with van der Waals surface area (Å²) in [6.07, 6.45) is 7.57. The Kier molecular flexibility index (Phi) is 8.06. The highest BCUT2D eigenvalue weighted by atomic mass is 35.5. The molecule has 1 atom stereocenters. The van der Waals surface area contributed by atoms with Crippen LogP contribution in [0.1, 0.15) is 69.4 Å². The Morgan fingerprint density at radius 3 is 2.87 bits per heavy atom. The lowest BCUT2D eigenvalue weighted by atomic mass is 9.90. The fourth-order valence-corrected chi connectivity index (χ4v) is 2.79. The Morgan fingerprint density at radius 2 is 2.22 bits per heavy atom. The molecular formula is C17H31ClN4O. The minimum atomic E-state index is -0.0572. The summed E-state index contributed by atoms with van der Waals surface area (Å²) in [7, 11) is 0. The van der Waals surface area contributed by atoms with Crippen LogP contribution in [0.15, 0.2) is 12.3 Å². The highest BCUT2D eigenvalue weighted by Crippen LogP contribution is 2.21. The second-order valence-corrected chi connectivity index (χ2v) is 7.45. The molecule has 2 heterocycles. The highest BCUT2D eigenvalue weighted by molar-refractivity contribution is 5.92. The van der Waals surface area contributed by atoms with Gasteiger partial charge in [0.25, 0.3) is 5.91 Å². The number of hydrogen-bond donors (Lipinski definition) is 2. The van der Waals surface area contributed by atoms with Crippen molar-refractivity contribution < 1.29 is 4.79 Å². The predicted octanol–water partition coefficient (Wildman–Crippen LogP) is 3.18. The number of carbonyl (C=O) groups is 1. The van der Waals surface area contributed by atoms with Gasteiger partial charge in [0.15, 0.2) is 0 Å². The SMILES string of the molecule is CC(C)(C)CCCCNC(=O)c1ccn(C2CCCNC2)n1.Cl. The van der Waals surface area contributed by atoms with Gasteiger partial charge < -0.3 is 10.6 Å². The normalized spacial score (nSPS) is 18.3. The maximum absolute atomic E-state index is 12.1. The van der Waals surface area contributed by atoms with Gasteiger partial charge in [-0.2, -0.15) is 5.10 Å². The average Bonchev–Trinajstić information content (AvgIpc) is 2.96. The number of carbonyl (C=O) groups excluding carboxylic acids is 1. The Bertz CT molecular complexity index is 475. The van der Waals surface area contributed by atoms with Crippen molar-refractivity contribution >= 4 is 18.3 Å². The monoisotopic (exact) mass is 342 g/mol. The van der Waals surface area contributed by atoms with Gasteiger partial charge in [-0.3, -0.25) is 9.48 Å². The van der Waals surface area contributed by atoms with Crippen LogP contribution in [0.25, 0.3) is 0 Å². The first kappa shape index (κ1) is 20.0. The molecule has 23 heavy (non-hydrogen) atoms. The lowest BCUT2D eigenvalue weighted by Crippen LogP contribution is -2.32. The molecule has 0 saturated carbocycles. The van der Waals surface area contributed by atoms with E-state index in [1.54, 1.807) is 0 Å². The molecule has 1 aromatic heterocycles. The van der Waals surface area contributed by atoms with E-state index in [1.807, 2.05) is 16.9 Å². The van der Waals surface area contributed by atoms with E-state index >= 15 is 0 Å². The van der Waals surface area contributed by atoms with Gasteiger partial charge in [-0.1, -0.05) is 27.2 Å². The van der Waals surface area contributed by atoms with Crippen molar-refractivity contribution in [1.29, 1.82) is 0 Å². The van der Waals surface area contributed by atoms with E-state index in [2.05, 4.69) is 36.5 Å². The van der Waals surface area contributed by atoms with E-state index in [-0.39, 0.29) is 18.3 Å². The molecule has 6 heteroatoms. The maximum Gasteiger partial charge on any atom is 0.271 e. The third-order valence-corrected chi connectivity index (χ3v) is 4.13. The zero-order valence-corrected chi connectivity index (χ0v) is 15.4. The maximum atomic E-state index is 12.1. The molecule has 1 aliphatic heterocycles. The third-order valence-electron chi connectivity index (χ3n) is 4.13. The number of halogens is 1. The first-order valence-corrected chi connectivity index (χ1v) is 8.50. The highest BCUT2D eigenvalue weighted by Gasteiger charge is 2.17. The number of nitrogens with zero attached hydrogens (tertiary/aromatic N) is 2. The van der Waals surface area contributed by atoms with Crippen molar-refractivity contribution in [2.75, 3.05) is 19.6 Å². The van der Waals surface area contributed by atoms with Crippen LogP contribution < -0.4 is 10.6 Å². The smallest absolute Gasteiger partial charge is 0.271 e. The lowest BCUT2D eigenvalue weighted by molar-refractivity contribution is 0.0946. The van der Waals surface area contributed by atoms with Crippen molar-refractivity contribution in [1.82, 2.24) is 20.4 Å². The summed E-state index contributed by atoms with van der Waals surface area (Å²) in [6, 6.07) is 2.20. The van der Waals surface area contributed by atoms with Gasteiger partial charge in [0.1, 0.15) is 5.69 Å². The quantitative estimate of drug-likeness (QED) is 0.781. The van der Waals surface area contributed by atoms with Crippen LogP contribution in [-0.4, -0.2) is 35.3 Å². The van der Waals surface area contributed by atoms with Gasteiger partial charge in [-0.15, -0.1) is 12.4 Å². The van der Waals surface area contributed by atoms with Gasteiger partial charge in [-0.05, 0) is 43.7 Å². The van der Waals surface area contributed by atoms with Crippen molar-refractivity contribution in [2.45, 2.75) is 58.9 Å². The molecule has 1 amide bonds. The largest absolute Gasteiger partial charge is 0.351 e. The minimum absolute atomic E-state index is 0. The molecule has 1 saturated heterocycles. The Balaban J connectivity index is 0.00000264. The first-order valence-electron chi connectivity index (χ1n) is 8.50. The van der Waals surface area contributed by atoms with Crippen LogP contribution in [-0.2, 0) is 0 Å². The summed E-state index contributed by atoms with van der Waals surface area (Å²) >= 11 is 0. The molecule has 0 aliphatic carbocycles. The van der Waals surface area contributed by atoms with Crippen molar-refractivity contribution in [3.8, 4) is 0 Å². The number of nitrogens with one attached hydrogen (secondary N) is 2. The Labute approximate surface area is 146 Å². The number of unbranched alkanes of at least 4 members (excludes halogenated alkanes) is 1. The average molecular weight is 343 g/mol. The van der Waals surface area contributed by atoms with Crippen LogP contribution >= 0.6 is 12.4 Å². The second kappa shape index (κ2) is 9.28. The van der Waals surface area contributed by atoms with Gasteiger partial charge >= 0.3 is 0 Å². The molecular weight excluding hydrogens is 312 g/mol. The zero-order chi connectivity index (χ0) is 16.0. The summed E-state index contributed by atoms with van der Waals surface area (Å²) < 4.78 is 1.93. The van der Waals surface area contributed by atoms with Gasteiger partial charge in [-0.25, -0.2) is 0 Å². The van der Waals surface area contributed by atoms with Crippen LogP contribution in [0.2, 0.25) is 0 Å². The fourth-order valence-electron chi connectivity index (χ4n) is 2.79. The molecule has 0 bridgehead atoms. The van der Waals surface area contributed by atoms with E-state index < -0.39 is 0 Å². The van der Waals surface area contributed by atoms with E-state index in [0.29, 0.717) is 17.2 Å². The van der Waals surface area contributed by atoms with Crippen LogP contribution in [0.5, 0.6) is 0 Å². The van der Waals surface area contributed by atoms with Gasteiger partial charge in [0, 0.05) is 19.3 Å². The summed E-state index contributed by atoms with van der Waals surface area (Å²) in [5.74, 6) is -0.0572. The number of hydrogen-bond acceptors (Lipinski definition) is 3. The molecule has 2 rings (SSSR count). The molecule has 5 nitrogen and oxygen atoms in total. The second-order valence-electron chi connectivity index (χ2n) is 7.45. The molecule has 0 radical (unpaired) electrons. The van der Waals surface area contributed by atoms with E-state index in [4.69, 9.17) is 0 Å². The van der Waals surface area contributed by atoms with Crippen molar-refractivity contribution in [3.05, 3.63) is 18.0 Å².